The van der Waals surface area contributed by atoms with E-state index >= 15 is 0 Å². The van der Waals surface area contributed by atoms with Gasteiger partial charge in [0.1, 0.15) is 23.4 Å². The zero-order chi connectivity index (χ0) is 27.4. The van der Waals surface area contributed by atoms with Crippen LogP contribution in [0.25, 0.3) is 0 Å². The molecule has 38 heavy (non-hydrogen) atoms. The predicted molar refractivity (Wildman–Crippen MR) is 131 cm³/mol. The van der Waals surface area contributed by atoms with Gasteiger partial charge in [0.15, 0.2) is 17.2 Å². The summed E-state index contributed by atoms with van der Waals surface area (Å²) in [6.45, 7) is 10.6. The van der Waals surface area contributed by atoms with Gasteiger partial charge in [-0.3, -0.25) is 9.59 Å². The number of hydrogen-bond acceptors (Lipinski definition) is 9. The first-order chi connectivity index (χ1) is 17.8. The molecule has 0 amide bonds. The number of esters is 2. The van der Waals surface area contributed by atoms with Gasteiger partial charge in [0.2, 0.25) is 0 Å². The zero-order valence-electron chi connectivity index (χ0n) is 22.1. The largest absolute Gasteiger partial charge is 0.460 e. The van der Waals surface area contributed by atoms with E-state index in [4.69, 9.17) is 18.9 Å². The lowest BCUT2D eigenvalue weighted by Gasteiger charge is -2.48. The summed E-state index contributed by atoms with van der Waals surface area (Å²) in [5, 5.41) is 12.0. The second-order valence-electron chi connectivity index (χ2n) is 12.1. The van der Waals surface area contributed by atoms with Gasteiger partial charge in [0.25, 0.3) is 0 Å². The molecule has 5 fully saturated rings. The molecule has 2 saturated carbocycles. The second-order valence-corrected chi connectivity index (χ2v) is 12.1. The highest BCUT2D eigenvalue weighted by molar-refractivity contribution is 6.04. The zero-order valence-corrected chi connectivity index (χ0v) is 22.1. The van der Waals surface area contributed by atoms with Crippen LogP contribution in [0.1, 0.15) is 53.4 Å². The Hall–Kier alpha value is -2.62. The lowest BCUT2D eigenvalue weighted by atomic mass is 9.69. The Kier molecular flexibility index (Phi) is 5.53. The van der Waals surface area contributed by atoms with Crippen molar-refractivity contribution in [1.82, 2.24) is 0 Å². The first-order valence-corrected chi connectivity index (χ1v) is 13.5. The van der Waals surface area contributed by atoms with Gasteiger partial charge in [-0.1, -0.05) is 20.4 Å². The number of ether oxygens (including phenoxy) is 4. The first-order valence-electron chi connectivity index (χ1n) is 13.5. The number of hydrogen-bond donors (Lipinski definition) is 1. The van der Waals surface area contributed by atoms with Crippen molar-refractivity contribution in [2.24, 2.45) is 23.7 Å². The predicted octanol–water partition coefficient (Wildman–Crippen LogP) is 2.15. The highest BCUT2D eigenvalue weighted by Gasteiger charge is 2.72. The smallest absolute Gasteiger partial charge is 0.343 e. The van der Waals surface area contributed by atoms with E-state index in [9.17, 15) is 24.3 Å². The molecular formula is C29H34O9. The quantitative estimate of drug-likeness (QED) is 0.334. The molecule has 1 spiro atoms. The maximum absolute atomic E-state index is 13.7. The summed E-state index contributed by atoms with van der Waals surface area (Å²) in [7, 11) is 0. The van der Waals surface area contributed by atoms with Gasteiger partial charge in [0, 0.05) is 23.0 Å². The molecular weight excluding hydrogens is 492 g/mol. The summed E-state index contributed by atoms with van der Waals surface area (Å²) < 4.78 is 24.3. The third kappa shape index (κ3) is 3.34. The summed E-state index contributed by atoms with van der Waals surface area (Å²) in [4.78, 5) is 50.8. The molecule has 3 saturated heterocycles. The topological polar surface area (TPSA) is 129 Å². The number of rotatable bonds is 3. The summed E-state index contributed by atoms with van der Waals surface area (Å²) in [5.41, 5.74) is -3.46. The summed E-state index contributed by atoms with van der Waals surface area (Å²) in [6, 6.07) is 0. The normalized spacial score (nSPS) is 49.2. The summed E-state index contributed by atoms with van der Waals surface area (Å²) >= 11 is 0. The molecule has 6 aliphatic rings. The number of fused-ring (bicyclic) bond motifs is 5. The molecule has 2 aliphatic carbocycles. The molecule has 0 aromatic heterocycles. The number of ketones is 2. The van der Waals surface area contributed by atoms with E-state index in [1.165, 1.54) is 26.0 Å². The van der Waals surface area contributed by atoms with Gasteiger partial charge in [-0.25, -0.2) is 9.59 Å². The fourth-order valence-corrected chi connectivity index (χ4v) is 7.71. The van der Waals surface area contributed by atoms with Crippen LogP contribution in [0.4, 0.5) is 0 Å². The van der Waals surface area contributed by atoms with Gasteiger partial charge < -0.3 is 24.1 Å². The number of allylic oxidation sites excluding steroid dienone is 1. The molecule has 6 rings (SSSR count). The van der Waals surface area contributed by atoms with E-state index in [1.807, 2.05) is 13.8 Å². The van der Waals surface area contributed by atoms with E-state index in [-0.39, 0.29) is 41.5 Å². The van der Waals surface area contributed by atoms with Crippen LogP contribution in [-0.4, -0.2) is 69.8 Å². The minimum Gasteiger partial charge on any atom is -0.460 e. The van der Waals surface area contributed by atoms with Crippen molar-refractivity contribution in [3.63, 3.8) is 0 Å². The van der Waals surface area contributed by atoms with Gasteiger partial charge in [0.05, 0.1) is 12.2 Å². The van der Waals surface area contributed by atoms with Crippen LogP contribution in [0.2, 0.25) is 0 Å². The molecule has 1 N–H and O–H groups in total. The van der Waals surface area contributed by atoms with Crippen molar-refractivity contribution in [2.75, 3.05) is 0 Å². The van der Waals surface area contributed by atoms with Crippen molar-refractivity contribution >= 4 is 23.5 Å². The highest BCUT2D eigenvalue weighted by atomic mass is 16.6. The Morgan fingerprint density at radius 2 is 1.71 bits per heavy atom. The van der Waals surface area contributed by atoms with Crippen LogP contribution in [0.5, 0.6) is 0 Å². The van der Waals surface area contributed by atoms with Crippen LogP contribution >= 0.6 is 0 Å². The lowest BCUT2D eigenvalue weighted by Crippen LogP contribution is -2.61. The third-order valence-corrected chi connectivity index (χ3v) is 9.99. The molecule has 9 heteroatoms. The SMILES string of the molecule is C=C1C(=O)OC2CC(C)C3(O)C=C(C(C)=O)C4(OC3CC12)C(=O)OC1CC(C)C2(/C=C\C(C)=O)OC2CC14. The van der Waals surface area contributed by atoms with Gasteiger partial charge >= 0.3 is 11.9 Å². The summed E-state index contributed by atoms with van der Waals surface area (Å²) in [6.07, 6.45) is 4.14. The fourth-order valence-electron chi connectivity index (χ4n) is 7.71. The van der Waals surface area contributed by atoms with Crippen molar-refractivity contribution in [3.05, 3.63) is 36.0 Å². The molecule has 9 nitrogen and oxygen atoms in total. The Labute approximate surface area is 221 Å². The van der Waals surface area contributed by atoms with Crippen molar-refractivity contribution in [3.8, 4) is 0 Å². The Morgan fingerprint density at radius 3 is 2.39 bits per heavy atom. The molecule has 0 radical (unpaired) electrons. The van der Waals surface area contributed by atoms with Gasteiger partial charge in [-0.05, 0) is 69.6 Å². The summed E-state index contributed by atoms with van der Waals surface area (Å²) in [5.74, 6) is -2.92. The molecule has 0 bridgehead atoms. The van der Waals surface area contributed by atoms with Gasteiger partial charge in [-0.15, -0.1) is 0 Å². The van der Waals surface area contributed by atoms with E-state index < -0.39 is 58.9 Å². The molecule has 11 atom stereocenters. The van der Waals surface area contributed by atoms with E-state index in [0.717, 1.165) is 0 Å². The molecule has 11 unspecified atom stereocenters. The molecule has 0 aromatic rings. The van der Waals surface area contributed by atoms with Crippen molar-refractivity contribution < 1.29 is 43.2 Å². The molecule has 4 aliphatic heterocycles. The fraction of sp³-hybridized carbons (Fsp3) is 0.655. The number of aliphatic hydroxyl groups is 1. The second kappa shape index (κ2) is 8.19. The van der Waals surface area contributed by atoms with Crippen LogP contribution in [0.3, 0.4) is 0 Å². The van der Waals surface area contributed by atoms with E-state index in [1.54, 1.807) is 6.08 Å². The monoisotopic (exact) mass is 526 g/mol. The molecule has 4 heterocycles. The number of carbonyl (C=O) groups is 4. The maximum atomic E-state index is 13.7. The van der Waals surface area contributed by atoms with Crippen LogP contribution in [0.15, 0.2) is 36.0 Å². The molecule has 204 valence electrons. The average Bonchev–Trinajstić information content (AvgIpc) is 3.47. The van der Waals surface area contributed by atoms with E-state index in [2.05, 4.69) is 6.58 Å². The van der Waals surface area contributed by atoms with Crippen molar-refractivity contribution in [2.45, 2.75) is 94.6 Å². The van der Waals surface area contributed by atoms with Crippen LogP contribution in [-0.2, 0) is 38.1 Å². The maximum Gasteiger partial charge on any atom is 0.343 e. The number of epoxide rings is 1. The Morgan fingerprint density at radius 1 is 1.00 bits per heavy atom. The Bertz CT molecular complexity index is 1220. The standard InChI is InChI=1S/C29H34O9/c1-13-8-21-18(16(4)25(32)35-21)10-23-27(13,34)12-20(17(5)31)29(38-23)19-11-24-28(37-24,7-6-15(3)30)14(2)9-22(19)36-26(29)33/h6-7,12-14,18-19,21-24,34H,4,8-11H2,1-3,5H3/b7-6-. The first kappa shape index (κ1) is 25.6. The highest BCUT2D eigenvalue weighted by Crippen LogP contribution is 2.60. The lowest BCUT2D eigenvalue weighted by molar-refractivity contribution is -0.197. The molecule has 0 aromatic carbocycles. The number of carbonyl (C=O) groups excluding carboxylic acids is 4. The number of Topliss-reactive ketones (excluding diaryl/α,β-unsaturated/α-hetero) is 1. The van der Waals surface area contributed by atoms with Crippen LogP contribution < -0.4 is 0 Å². The van der Waals surface area contributed by atoms with Crippen LogP contribution in [0, 0.1) is 23.7 Å². The third-order valence-electron chi connectivity index (χ3n) is 9.99. The average molecular weight is 527 g/mol. The Balaban J connectivity index is 1.42. The minimum absolute atomic E-state index is 0.0463. The van der Waals surface area contributed by atoms with Crippen molar-refractivity contribution in [1.29, 1.82) is 0 Å². The van der Waals surface area contributed by atoms with Gasteiger partial charge in [-0.2, -0.15) is 0 Å². The van der Waals surface area contributed by atoms with E-state index in [0.29, 0.717) is 24.8 Å². The minimum atomic E-state index is -1.70.